The van der Waals surface area contributed by atoms with Crippen LogP contribution in [0.2, 0.25) is 0 Å². The SMILES string of the molecule is O=C(O)c1ccc(NC(=O)C(Cc2ccccc2)n2ccc(Br)cc2=O)cc1. The molecule has 0 radical (unpaired) electrons. The van der Waals surface area contributed by atoms with E-state index < -0.39 is 12.0 Å². The Balaban J connectivity index is 1.90. The van der Waals surface area contributed by atoms with Crippen LogP contribution in [0.4, 0.5) is 5.69 Å². The van der Waals surface area contributed by atoms with E-state index in [0.29, 0.717) is 16.6 Å². The van der Waals surface area contributed by atoms with Crippen molar-refractivity contribution in [2.24, 2.45) is 0 Å². The zero-order valence-electron chi connectivity index (χ0n) is 14.7. The summed E-state index contributed by atoms with van der Waals surface area (Å²) in [6.45, 7) is 0. The molecule has 2 N–H and O–H groups in total. The molecule has 7 heteroatoms. The summed E-state index contributed by atoms with van der Waals surface area (Å²) in [7, 11) is 0. The van der Waals surface area contributed by atoms with E-state index in [1.54, 1.807) is 12.3 Å². The summed E-state index contributed by atoms with van der Waals surface area (Å²) in [5, 5.41) is 11.7. The number of amides is 1. The van der Waals surface area contributed by atoms with Gasteiger partial charge in [-0.15, -0.1) is 0 Å². The number of halogens is 1. The fourth-order valence-corrected chi connectivity index (χ4v) is 3.11. The summed E-state index contributed by atoms with van der Waals surface area (Å²) < 4.78 is 2.02. The van der Waals surface area contributed by atoms with Gasteiger partial charge >= 0.3 is 5.97 Å². The van der Waals surface area contributed by atoms with Crippen LogP contribution in [0.3, 0.4) is 0 Å². The van der Waals surface area contributed by atoms with Gasteiger partial charge in [-0.25, -0.2) is 4.79 Å². The summed E-state index contributed by atoms with van der Waals surface area (Å²) in [5.74, 6) is -1.41. The van der Waals surface area contributed by atoms with E-state index in [0.717, 1.165) is 5.56 Å². The van der Waals surface area contributed by atoms with Crippen LogP contribution >= 0.6 is 15.9 Å². The Morgan fingerprint density at radius 1 is 1.04 bits per heavy atom. The smallest absolute Gasteiger partial charge is 0.335 e. The number of carboxylic acids is 1. The van der Waals surface area contributed by atoms with Crippen molar-refractivity contribution in [3.05, 3.63) is 98.9 Å². The Labute approximate surface area is 169 Å². The third-order valence-electron chi connectivity index (χ3n) is 4.22. The average molecular weight is 441 g/mol. The molecule has 28 heavy (non-hydrogen) atoms. The molecule has 0 spiro atoms. The number of anilines is 1. The maximum absolute atomic E-state index is 13.0. The first-order valence-electron chi connectivity index (χ1n) is 8.50. The van der Waals surface area contributed by atoms with Crippen molar-refractivity contribution in [3.8, 4) is 0 Å². The van der Waals surface area contributed by atoms with Crippen LogP contribution in [0.1, 0.15) is 22.0 Å². The molecule has 0 saturated carbocycles. The van der Waals surface area contributed by atoms with Gasteiger partial charge in [0.05, 0.1) is 5.56 Å². The van der Waals surface area contributed by atoms with Gasteiger partial charge in [-0.2, -0.15) is 0 Å². The van der Waals surface area contributed by atoms with E-state index in [1.807, 2.05) is 30.3 Å². The maximum atomic E-state index is 13.0. The van der Waals surface area contributed by atoms with E-state index in [9.17, 15) is 14.4 Å². The van der Waals surface area contributed by atoms with E-state index in [2.05, 4.69) is 21.2 Å². The number of carbonyl (C=O) groups is 2. The number of pyridine rings is 1. The molecule has 2 aromatic carbocycles. The molecule has 0 fully saturated rings. The number of aromatic carboxylic acids is 1. The predicted molar refractivity (Wildman–Crippen MR) is 110 cm³/mol. The van der Waals surface area contributed by atoms with Gasteiger partial charge < -0.3 is 15.0 Å². The highest BCUT2D eigenvalue weighted by Crippen LogP contribution is 2.18. The van der Waals surface area contributed by atoms with E-state index in [1.165, 1.54) is 34.9 Å². The second kappa shape index (κ2) is 8.67. The van der Waals surface area contributed by atoms with Gasteiger partial charge in [0.1, 0.15) is 6.04 Å². The van der Waals surface area contributed by atoms with Crippen molar-refractivity contribution in [2.75, 3.05) is 5.32 Å². The quantitative estimate of drug-likeness (QED) is 0.610. The monoisotopic (exact) mass is 440 g/mol. The first-order chi connectivity index (χ1) is 13.4. The number of nitrogens with one attached hydrogen (secondary N) is 1. The fraction of sp³-hybridized carbons (Fsp3) is 0.0952. The van der Waals surface area contributed by atoms with Gasteiger partial charge in [0.25, 0.3) is 5.56 Å². The number of benzene rings is 2. The maximum Gasteiger partial charge on any atom is 0.335 e. The van der Waals surface area contributed by atoms with Crippen LogP contribution in [0.25, 0.3) is 0 Å². The van der Waals surface area contributed by atoms with Crippen molar-refractivity contribution in [2.45, 2.75) is 12.5 Å². The minimum absolute atomic E-state index is 0.128. The Hall–Kier alpha value is -3.19. The molecule has 1 amide bonds. The van der Waals surface area contributed by atoms with E-state index in [4.69, 9.17) is 5.11 Å². The molecule has 3 aromatic rings. The molecule has 0 aliphatic heterocycles. The van der Waals surface area contributed by atoms with Crippen molar-refractivity contribution in [3.63, 3.8) is 0 Å². The van der Waals surface area contributed by atoms with Crippen LogP contribution in [0.5, 0.6) is 0 Å². The Morgan fingerprint density at radius 3 is 2.32 bits per heavy atom. The molecule has 1 unspecified atom stereocenters. The second-order valence-corrected chi connectivity index (χ2v) is 7.08. The minimum Gasteiger partial charge on any atom is -0.478 e. The standard InChI is InChI=1S/C21H17BrN2O4/c22-16-10-11-24(19(25)13-16)18(12-14-4-2-1-3-5-14)20(26)23-17-8-6-15(7-9-17)21(27)28/h1-11,13,18H,12H2,(H,23,26)(H,27,28). The average Bonchev–Trinajstić information content (AvgIpc) is 2.68. The molecule has 1 aromatic heterocycles. The van der Waals surface area contributed by atoms with Crippen LogP contribution in [0.15, 0.2) is 82.2 Å². The molecular weight excluding hydrogens is 424 g/mol. The summed E-state index contributed by atoms with van der Waals surface area (Å²) in [6, 6.07) is 17.6. The summed E-state index contributed by atoms with van der Waals surface area (Å²) in [6.07, 6.45) is 1.91. The third kappa shape index (κ3) is 4.75. The molecule has 0 aliphatic carbocycles. The lowest BCUT2D eigenvalue weighted by Gasteiger charge is -2.20. The second-order valence-electron chi connectivity index (χ2n) is 6.17. The lowest BCUT2D eigenvalue weighted by molar-refractivity contribution is -0.119. The zero-order valence-corrected chi connectivity index (χ0v) is 16.3. The number of rotatable bonds is 6. The number of hydrogen-bond donors (Lipinski definition) is 2. The number of carboxylic acid groups (broad SMARTS) is 1. The number of carbonyl (C=O) groups excluding carboxylic acids is 1. The molecular formula is C21H17BrN2O4. The zero-order chi connectivity index (χ0) is 20.1. The van der Waals surface area contributed by atoms with Crippen LogP contribution in [-0.4, -0.2) is 21.6 Å². The summed E-state index contributed by atoms with van der Waals surface area (Å²) in [4.78, 5) is 36.4. The van der Waals surface area contributed by atoms with Crippen LogP contribution < -0.4 is 10.9 Å². The minimum atomic E-state index is -1.04. The van der Waals surface area contributed by atoms with Crippen molar-refractivity contribution in [1.82, 2.24) is 4.57 Å². The van der Waals surface area contributed by atoms with Gasteiger partial charge in [-0.05, 0) is 35.9 Å². The van der Waals surface area contributed by atoms with Gasteiger partial charge in [-0.3, -0.25) is 9.59 Å². The Kier molecular flexibility index (Phi) is 6.06. The van der Waals surface area contributed by atoms with E-state index in [-0.39, 0.29) is 17.0 Å². The predicted octanol–water partition coefficient (Wildman–Crippen LogP) is 3.73. The summed E-state index contributed by atoms with van der Waals surface area (Å²) in [5.41, 5.74) is 1.20. The normalized spacial score (nSPS) is 11.6. The first kappa shape index (κ1) is 19.6. The largest absolute Gasteiger partial charge is 0.478 e. The molecule has 3 rings (SSSR count). The van der Waals surface area contributed by atoms with Gasteiger partial charge in [0, 0.05) is 28.8 Å². The highest BCUT2D eigenvalue weighted by Gasteiger charge is 2.22. The van der Waals surface area contributed by atoms with Crippen LogP contribution in [-0.2, 0) is 11.2 Å². The topological polar surface area (TPSA) is 88.4 Å². The Morgan fingerprint density at radius 2 is 1.71 bits per heavy atom. The molecule has 142 valence electrons. The Bertz CT molecular complexity index is 1050. The lowest BCUT2D eigenvalue weighted by atomic mass is 10.0. The molecule has 1 heterocycles. The number of aromatic nitrogens is 1. The molecule has 6 nitrogen and oxygen atoms in total. The fourth-order valence-electron chi connectivity index (χ4n) is 2.80. The third-order valence-corrected chi connectivity index (χ3v) is 4.71. The van der Waals surface area contributed by atoms with Crippen molar-refractivity contribution in [1.29, 1.82) is 0 Å². The van der Waals surface area contributed by atoms with Crippen molar-refractivity contribution < 1.29 is 14.7 Å². The molecule has 0 aliphatic rings. The molecule has 1 atom stereocenters. The molecule has 0 bridgehead atoms. The number of nitrogens with zero attached hydrogens (tertiary/aromatic N) is 1. The first-order valence-corrected chi connectivity index (χ1v) is 9.29. The van der Waals surface area contributed by atoms with Gasteiger partial charge in [-0.1, -0.05) is 46.3 Å². The van der Waals surface area contributed by atoms with Crippen LogP contribution in [0, 0.1) is 0 Å². The summed E-state index contributed by atoms with van der Waals surface area (Å²) >= 11 is 3.26. The van der Waals surface area contributed by atoms with Gasteiger partial charge in [0.15, 0.2) is 0 Å². The number of hydrogen-bond acceptors (Lipinski definition) is 3. The van der Waals surface area contributed by atoms with E-state index >= 15 is 0 Å². The lowest BCUT2D eigenvalue weighted by Crippen LogP contribution is -2.34. The van der Waals surface area contributed by atoms with Crippen molar-refractivity contribution >= 4 is 33.5 Å². The highest BCUT2D eigenvalue weighted by atomic mass is 79.9. The highest BCUT2D eigenvalue weighted by molar-refractivity contribution is 9.10. The molecule has 0 saturated heterocycles. The van der Waals surface area contributed by atoms with Gasteiger partial charge in [0.2, 0.25) is 5.91 Å².